The van der Waals surface area contributed by atoms with E-state index in [1.807, 2.05) is 19.1 Å². The van der Waals surface area contributed by atoms with E-state index in [0.717, 1.165) is 18.2 Å². The molecular formula is C20H26N2O3S. The monoisotopic (exact) mass is 374 g/mol. The van der Waals surface area contributed by atoms with Crippen LogP contribution in [0.1, 0.15) is 46.9 Å². The molecule has 0 aromatic heterocycles. The van der Waals surface area contributed by atoms with Crippen molar-refractivity contribution in [2.24, 2.45) is 0 Å². The summed E-state index contributed by atoms with van der Waals surface area (Å²) in [6, 6.07) is 13.1. The summed E-state index contributed by atoms with van der Waals surface area (Å²) in [5.41, 5.74) is 3.87. The van der Waals surface area contributed by atoms with E-state index in [9.17, 15) is 13.2 Å². The molecule has 1 N–H and O–H groups in total. The van der Waals surface area contributed by atoms with Crippen LogP contribution in [0.3, 0.4) is 0 Å². The lowest BCUT2D eigenvalue weighted by Crippen LogP contribution is -2.29. The van der Waals surface area contributed by atoms with Crippen LogP contribution in [0.15, 0.2) is 42.5 Å². The van der Waals surface area contributed by atoms with Crippen molar-refractivity contribution in [3.05, 3.63) is 64.7 Å². The van der Waals surface area contributed by atoms with Gasteiger partial charge in [0.15, 0.2) is 0 Å². The zero-order chi connectivity index (χ0) is 19.5. The summed E-state index contributed by atoms with van der Waals surface area (Å²) in [6.07, 6.45) is 2.11. The summed E-state index contributed by atoms with van der Waals surface area (Å²) in [5, 5.41) is 2.99. The molecule has 0 spiro atoms. The van der Waals surface area contributed by atoms with Crippen molar-refractivity contribution < 1.29 is 13.2 Å². The van der Waals surface area contributed by atoms with Crippen LogP contribution < -0.4 is 9.62 Å². The number of aryl methyl sites for hydroxylation is 1. The van der Waals surface area contributed by atoms with Crippen molar-refractivity contribution in [3.8, 4) is 0 Å². The van der Waals surface area contributed by atoms with Gasteiger partial charge in [-0.2, -0.15) is 0 Å². The highest BCUT2D eigenvalue weighted by atomic mass is 32.2. The van der Waals surface area contributed by atoms with Gasteiger partial charge in [-0.1, -0.05) is 37.3 Å². The van der Waals surface area contributed by atoms with E-state index in [2.05, 4.69) is 24.4 Å². The van der Waals surface area contributed by atoms with Gasteiger partial charge in [0.1, 0.15) is 0 Å². The second kappa shape index (κ2) is 7.91. The number of hydrogen-bond acceptors (Lipinski definition) is 3. The quantitative estimate of drug-likeness (QED) is 0.842. The van der Waals surface area contributed by atoms with Crippen molar-refractivity contribution in [3.63, 3.8) is 0 Å². The third-order valence-corrected chi connectivity index (χ3v) is 5.81. The first-order chi connectivity index (χ1) is 12.1. The lowest BCUT2D eigenvalue weighted by Gasteiger charge is -2.21. The summed E-state index contributed by atoms with van der Waals surface area (Å²) in [7, 11) is -1.91. The van der Waals surface area contributed by atoms with Gasteiger partial charge < -0.3 is 5.32 Å². The highest BCUT2D eigenvalue weighted by molar-refractivity contribution is 7.92. The molecule has 0 heterocycles. The first kappa shape index (κ1) is 20.0. The molecule has 0 radical (unpaired) electrons. The van der Waals surface area contributed by atoms with Crippen molar-refractivity contribution in [2.75, 3.05) is 17.6 Å². The standard InChI is InChI=1S/C20H26N2O3S/c1-6-16-10-12-17(13-11-16)15(3)21-20(23)18-8-7-9-19(14(18)2)22(4)26(5,24)25/h7-13,15H,6H2,1-5H3,(H,21,23). The van der Waals surface area contributed by atoms with E-state index in [4.69, 9.17) is 0 Å². The Hall–Kier alpha value is -2.34. The molecule has 2 aromatic carbocycles. The van der Waals surface area contributed by atoms with E-state index >= 15 is 0 Å². The average Bonchev–Trinajstić information content (AvgIpc) is 2.60. The van der Waals surface area contributed by atoms with E-state index in [1.54, 1.807) is 25.1 Å². The number of amides is 1. The molecule has 0 saturated carbocycles. The number of carbonyl (C=O) groups excluding carboxylic acids is 1. The minimum absolute atomic E-state index is 0.149. The van der Waals surface area contributed by atoms with Gasteiger partial charge in [0, 0.05) is 12.6 Å². The number of nitrogens with one attached hydrogen (secondary N) is 1. The maximum absolute atomic E-state index is 12.7. The molecule has 140 valence electrons. The first-order valence-corrected chi connectivity index (χ1v) is 10.4. The third-order valence-electron chi connectivity index (χ3n) is 4.62. The average molecular weight is 375 g/mol. The molecule has 0 aliphatic rings. The maximum Gasteiger partial charge on any atom is 0.252 e. The van der Waals surface area contributed by atoms with Crippen molar-refractivity contribution in [1.82, 2.24) is 5.32 Å². The smallest absolute Gasteiger partial charge is 0.252 e. The molecule has 5 nitrogen and oxygen atoms in total. The van der Waals surface area contributed by atoms with Crippen molar-refractivity contribution in [2.45, 2.75) is 33.2 Å². The maximum atomic E-state index is 12.7. The molecule has 0 aliphatic heterocycles. The lowest BCUT2D eigenvalue weighted by atomic mass is 10.0. The molecule has 26 heavy (non-hydrogen) atoms. The molecule has 2 rings (SSSR count). The Bertz CT molecular complexity index is 890. The molecule has 6 heteroatoms. The summed E-state index contributed by atoms with van der Waals surface area (Å²) < 4.78 is 24.8. The fourth-order valence-electron chi connectivity index (χ4n) is 2.79. The number of benzene rings is 2. The topological polar surface area (TPSA) is 66.5 Å². The zero-order valence-electron chi connectivity index (χ0n) is 15.9. The molecular weight excluding hydrogens is 348 g/mol. The van der Waals surface area contributed by atoms with Gasteiger partial charge in [0.25, 0.3) is 5.91 Å². The number of sulfonamides is 1. The van der Waals surface area contributed by atoms with E-state index in [-0.39, 0.29) is 11.9 Å². The van der Waals surface area contributed by atoms with Crippen molar-refractivity contribution >= 4 is 21.6 Å². The third kappa shape index (κ3) is 4.43. The molecule has 2 aromatic rings. The number of nitrogens with zero attached hydrogens (tertiary/aromatic N) is 1. The van der Waals surface area contributed by atoms with Gasteiger partial charge in [-0.25, -0.2) is 8.42 Å². The highest BCUT2D eigenvalue weighted by Gasteiger charge is 2.19. The molecule has 0 saturated heterocycles. The van der Waals surface area contributed by atoms with Crippen LogP contribution in [0.25, 0.3) is 0 Å². The molecule has 0 aliphatic carbocycles. The van der Waals surface area contributed by atoms with Crippen LogP contribution >= 0.6 is 0 Å². The zero-order valence-corrected chi connectivity index (χ0v) is 16.7. The van der Waals surface area contributed by atoms with Crippen LogP contribution in [0.5, 0.6) is 0 Å². The van der Waals surface area contributed by atoms with Crippen LogP contribution in [-0.2, 0) is 16.4 Å². The van der Waals surface area contributed by atoms with E-state index in [1.165, 1.54) is 16.9 Å². The Morgan fingerprint density at radius 3 is 2.31 bits per heavy atom. The molecule has 1 unspecified atom stereocenters. The SMILES string of the molecule is CCc1ccc(C(C)NC(=O)c2cccc(N(C)S(C)(=O)=O)c2C)cc1. The molecule has 1 atom stereocenters. The summed E-state index contributed by atoms with van der Waals surface area (Å²) in [4.78, 5) is 12.7. The fraction of sp³-hybridized carbons (Fsp3) is 0.350. The largest absolute Gasteiger partial charge is 0.346 e. The van der Waals surface area contributed by atoms with Gasteiger partial charge in [-0.05, 0) is 49.1 Å². The first-order valence-electron chi connectivity index (χ1n) is 8.58. The number of hydrogen-bond donors (Lipinski definition) is 1. The van der Waals surface area contributed by atoms with Crippen LogP contribution in [0.2, 0.25) is 0 Å². The Morgan fingerprint density at radius 2 is 1.77 bits per heavy atom. The Morgan fingerprint density at radius 1 is 1.15 bits per heavy atom. The minimum Gasteiger partial charge on any atom is -0.346 e. The summed E-state index contributed by atoms with van der Waals surface area (Å²) in [6.45, 7) is 5.79. The van der Waals surface area contributed by atoms with E-state index in [0.29, 0.717) is 16.8 Å². The van der Waals surface area contributed by atoms with Crippen LogP contribution in [0.4, 0.5) is 5.69 Å². The lowest BCUT2D eigenvalue weighted by molar-refractivity contribution is 0.0939. The van der Waals surface area contributed by atoms with E-state index < -0.39 is 10.0 Å². The normalized spacial score (nSPS) is 12.5. The van der Waals surface area contributed by atoms with Gasteiger partial charge in [0.05, 0.1) is 18.0 Å². The van der Waals surface area contributed by atoms with Gasteiger partial charge in [0.2, 0.25) is 10.0 Å². The van der Waals surface area contributed by atoms with Gasteiger partial charge >= 0.3 is 0 Å². The van der Waals surface area contributed by atoms with Gasteiger partial charge in [-0.3, -0.25) is 9.10 Å². The number of anilines is 1. The predicted molar refractivity (Wildman–Crippen MR) is 106 cm³/mol. The highest BCUT2D eigenvalue weighted by Crippen LogP contribution is 2.24. The Balaban J connectivity index is 2.24. The van der Waals surface area contributed by atoms with Crippen LogP contribution in [-0.4, -0.2) is 27.6 Å². The molecule has 1 amide bonds. The van der Waals surface area contributed by atoms with Crippen molar-refractivity contribution in [1.29, 1.82) is 0 Å². The summed E-state index contributed by atoms with van der Waals surface area (Å²) >= 11 is 0. The second-order valence-corrected chi connectivity index (χ2v) is 8.48. The predicted octanol–water partition coefficient (Wildman–Crippen LogP) is 3.44. The molecule has 0 fully saturated rings. The molecule has 0 bridgehead atoms. The second-order valence-electron chi connectivity index (χ2n) is 6.47. The Labute approximate surface area is 156 Å². The number of rotatable bonds is 6. The number of carbonyl (C=O) groups is 1. The summed E-state index contributed by atoms with van der Waals surface area (Å²) in [5.74, 6) is -0.224. The van der Waals surface area contributed by atoms with Gasteiger partial charge in [-0.15, -0.1) is 0 Å². The Kier molecular flexibility index (Phi) is 6.08. The fourth-order valence-corrected chi connectivity index (χ4v) is 3.34. The minimum atomic E-state index is -3.39. The van der Waals surface area contributed by atoms with Crippen LogP contribution in [0, 0.1) is 6.92 Å².